The van der Waals surface area contributed by atoms with Crippen LogP contribution in [0.2, 0.25) is 0 Å². The van der Waals surface area contributed by atoms with E-state index in [9.17, 15) is 0 Å². The number of hydrogen-bond acceptors (Lipinski definition) is 2. The van der Waals surface area contributed by atoms with Crippen LogP contribution in [-0.2, 0) is 13.0 Å². The molecule has 104 valence electrons. The van der Waals surface area contributed by atoms with Crippen molar-refractivity contribution in [2.24, 2.45) is 0 Å². The van der Waals surface area contributed by atoms with Crippen LogP contribution < -0.4 is 10.1 Å². The van der Waals surface area contributed by atoms with E-state index in [0.29, 0.717) is 12.6 Å². The second-order valence-corrected chi connectivity index (χ2v) is 6.07. The number of aryl methyl sites for hydroxylation is 1. The molecule has 1 aliphatic carbocycles. The van der Waals surface area contributed by atoms with Gasteiger partial charge in [0.1, 0.15) is 12.4 Å². The van der Waals surface area contributed by atoms with Crippen molar-refractivity contribution < 1.29 is 4.74 Å². The van der Waals surface area contributed by atoms with E-state index in [1.165, 1.54) is 23.1 Å². The lowest BCUT2D eigenvalue weighted by Gasteiger charge is -2.11. The van der Waals surface area contributed by atoms with Crippen LogP contribution in [0.25, 0.3) is 0 Å². The van der Waals surface area contributed by atoms with Gasteiger partial charge in [0, 0.05) is 10.5 Å². The van der Waals surface area contributed by atoms with E-state index in [4.69, 9.17) is 4.74 Å². The molecule has 0 amide bonds. The van der Waals surface area contributed by atoms with E-state index in [1.54, 1.807) is 0 Å². The maximum Gasteiger partial charge on any atom is 0.120 e. The Morgan fingerprint density at radius 3 is 2.75 bits per heavy atom. The zero-order valence-electron chi connectivity index (χ0n) is 11.5. The van der Waals surface area contributed by atoms with Gasteiger partial charge in [-0.05, 0) is 60.8 Å². The summed E-state index contributed by atoms with van der Waals surface area (Å²) in [4.78, 5) is 0. The summed E-state index contributed by atoms with van der Waals surface area (Å²) in [7, 11) is 2.03. The Bertz CT molecular complexity index is 594. The number of halogens is 1. The van der Waals surface area contributed by atoms with Gasteiger partial charge in [-0.2, -0.15) is 0 Å². The molecule has 0 saturated carbocycles. The lowest BCUT2D eigenvalue weighted by Crippen LogP contribution is -2.12. The first-order valence-corrected chi connectivity index (χ1v) is 7.73. The Kier molecular flexibility index (Phi) is 4.08. The van der Waals surface area contributed by atoms with Crippen LogP contribution >= 0.6 is 15.9 Å². The third-order valence-corrected chi connectivity index (χ3v) is 4.39. The smallest absolute Gasteiger partial charge is 0.120 e. The Labute approximate surface area is 128 Å². The lowest BCUT2D eigenvalue weighted by atomic mass is 10.1. The fourth-order valence-electron chi connectivity index (χ4n) is 2.73. The van der Waals surface area contributed by atoms with Gasteiger partial charge in [0.15, 0.2) is 0 Å². The summed E-state index contributed by atoms with van der Waals surface area (Å²) >= 11 is 3.44. The van der Waals surface area contributed by atoms with Crippen LogP contribution in [0.4, 0.5) is 0 Å². The average molecular weight is 332 g/mol. The summed E-state index contributed by atoms with van der Waals surface area (Å²) < 4.78 is 6.98. The van der Waals surface area contributed by atoms with Gasteiger partial charge < -0.3 is 10.1 Å². The summed E-state index contributed by atoms with van der Waals surface area (Å²) in [5, 5.41) is 3.36. The first kappa shape index (κ1) is 13.7. The second-order valence-electron chi connectivity index (χ2n) is 5.16. The molecule has 0 aromatic heterocycles. The van der Waals surface area contributed by atoms with Gasteiger partial charge in [-0.3, -0.25) is 0 Å². The molecule has 3 heteroatoms. The second kappa shape index (κ2) is 5.98. The van der Waals surface area contributed by atoms with Gasteiger partial charge in [-0.25, -0.2) is 0 Å². The van der Waals surface area contributed by atoms with Crippen LogP contribution in [0, 0.1) is 0 Å². The largest absolute Gasteiger partial charge is 0.489 e. The van der Waals surface area contributed by atoms with Crippen molar-refractivity contribution >= 4 is 15.9 Å². The van der Waals surface area contributed by atoms with Crippen molar-refractivity contribution in [3.63, 3.8) is 0 Å². The number of hydrogen-bond donors (Lipinski definition) is 1. The molecule has 20 heavy (non-hydrogen) atoms. The molecule has 2 aromatic carbocycles. The van der Waals surface area contributed by atoms with Crippen LogP contribution in [0.15, 0.2) is 46.9 Å². The summed E-state index contributed by atoms with van der Waals surface area (Å²) in [5.41, 5.74) is 4.02. The standard InChI is InChI=1S/C17H18BrNO/c1-19-17-9-4-13-10-15(7-8-16(13)17)20-11-12-2-5-14(18)6-3-12/h2-3,5-8,10,17,19H,4,9,11H2,1H3. The van der Waals surface area contributed by atoms with Gasteiger partial charge in [0.25, 0.3) is 0 Å². The van der Waals surface area contributed by atoms with Crippen LogP contribution in [0.5, 0.6) is 5.75 Å². The van der Waals surface area contributed by atoms with Crippen LogP contribution in [-0.4, -0.2) is 7.05 Å². The van der Waals surface area contributed by atoms with Crippen molar-refractivity contribution in [1.82, 2.24) is 5.32 Å². The molecule has 0 saturated heterocycles. The predicted octanol–water partition coefficient (Wildman–Crippen LogP) is 4.23. The minimum atomic E-state index is 0.505. The normalized spacial score (nSPS) is 17.0. The van der Waals surface area contributed by atoms with Crippen molar-refractivity contribution in [3.05, 3.63) is 63.6 Å². The van der Waals surface area contributed by atoms with Gasteiger partial charge >= 0.3 is 0 Å². The molecule has 2 nitrogen and oxygen atoms in total. The van der Waals surface area contributed by atoms with Gasteiger partial charge in [-0.15, -0.1) is 0 Å². The predicted molar refractivity (Wildman–Crippen MR) is 85.0 cm³/mol. The van der Waals surface area contributed by atoms with Gasteiger partial charge in [0.05, 0.1) is 0 Å². The first-order valence-electron chi connectivity index (χ1n) is 6.93. The van der Waals surface area contributed by atoms with Crippen molar-refractivity contribution in [1.29, 1.82) is 0 Å². The summed E-state index contributed by atoms with van der Waals surface area (Å²) in [6.45, 7) is 0.613. The van der Waals surface area contributed by atoms with Crippen molar-refractivity contribution in [3.8, 4) is 5.75 Å². The van der Waals surface area contributed by atoms with Crippen molar-refractivity contribution in [2.45, 2.75) is 25.5 Å². The van der Waals surface area contributed by atoms with E-state index >= 15 is 0 Å². The molecule has 2 aromatic rings. The molecule has 0 aliphatic heterocycles. The molecule has 0 spiro atoms. The van der Waals surface area contributed by atoms with E-state index in [1.807, 2.05) is 19.2 Å². The van der Waals surface area contributed by atoms with Crippen LogP contribution in [0.1, 0.15) is 29.2 Å². The van der Waals surface area contributed by atoms with Crippen LogP contribution in [0.3, 0.4) is 0 Å². The lowest BCUT2D eigenvalue weighted by molar-refractivity contribution is 0.306. The highest BCUT2D eigenvalue weighted by Crippen LogP contribution is 2.33. The molecular weight excluding hydrogens is 314 g/mol. The quantitative estimate of drug-likeness (QED) is 0.904. The Balaban J connectivity index is 1.68. The Morgan fingerprint density at radius 1 is 1.20 bits per heavy atom. The van der Waals surface area contributed by atoms with E-state index in [2.05, 4.69) is 51.6 Å². The molecule has 0 heterocycles. The monoisotopic (exact) mass is 331 g/mol. The molecule has 1 aliphatic rings. The van der Waals surface area contributed by atoms with Crippen molar-refractivity contribution in [2.75, 3.05) is 7.05 Å². The first-order chi connectivity index (χ1) is 9.76. The maximum atomic E-state index is 5.89. The molecule has 0 fully saturated rings. The highest BCUT2D eigenvalue weighted by atomic mass is 79.9. The third-order valence-electron chi connectivity index (χ3n) is 3.86. The molecule has 1 atom stereocenters. The fourth-order valence-corrected chi connectivity index (χ4v) is 3.00. The minimum Gasteiger partial charge on any atom is -0.489 e. The maximum absolute atomic E-state index is 5.89. The minimum absolute atomic E-state index is 0.505. The zero-order chi connectivity index (χ0) is 13.9. The number of ether oxygens (including phenoxy) is 1. The zero-order valence-corrected chi connectivity index (χ0v) is 13.1. The summed E-state index contributed by atoms with van der Waals surface area (Å²) in [6.07, 6.45) is 2.32. The summed E-state index contributed by atoms with van der Waals surface area (Å²) in [5.74, 6) is 0.962. The number of fused-ring (bicyclic) bond motifs is 1. The summed E-state index contributed by atoms with van der Waals surface area (Å²) in [6, 6.07) is 15.2. The van der Waals surface area contributed by atoms with E-state index < -0.39 is 0 Å². The Hall–Kier alpha value is -1.32. The average Bonchev–Trinajstić information content (AvgIpc) is 2.89. The SMILES string of the molecule is CNC1CCc2cc(OCc3ccc(Br)cc3)ccc21. The van der Waals surface area contributed by atoms with E-state index in [0.717, 1.165) is 16.6 Å². The molecular formula is C17H18BrNO. The van der Waals surface area contributed by atoms with E-state index in [-0.39, 0.29) is 0 Å². The Morgan fingerprint density at radius 2 is 2.00 bits per heavy atom. The number of rotatable bonds is 4. The molecule has 3 rings (SSSR count). The fraction of sp³-hybridized carbons (Fsp3) is 0.294. The molecule has 0 bridgehead atoms. The number of nitrogens with one attached hydrogen (secondary N) is 1. The third kappa shape index (κ3) is 2.89. The van der Waals surface area contributed by atoms with Gasteiger partial charge in [-0.1, -0.05) is 34.1 Å². The van der Waals surface area contributed by atoms with Gasteiger partial charge in [0.2, 0.25) is 0 Å². The number of benzene rings is 2. The molecule has 1 N–H and O–H groups in total. The topological polar surface area (TPSA) is 21.3 Å². The molecule has 1 unspecified atom stereocenters. The highest BCUT2D eigenvalue weighted by molar-refractivity contribution is 9.10. The highest BCUT2D eigenvalue weighted by Gasteiger charge is 2.20. The molecule has 0 radical (unpaired) electrons.